The lowest BCUT2D eigenvalue weighted by Gasteiger charge is -2.34. The Hall–Kier alpha value is -3.06. The minimum atomic E-state index is -0.0459. The summed E-state index contributed by atoms with van der Waals surface area (Å²) in [6.45, 7) is 6.79. The average Bonchev–Trinajstić information content (AvgIpc) is 2.76. The molecule has 1 saturated heterocycles. The molecule has 0 aromatic heterocycles. The van der Waals surface area contributed by atoms with Crippen LogP contribution in [0.15, 0.2) is 36.4 Å². The molecule has 3 rings (SSSR count). The van der Waals surface area contributed by atoms with Gasteiger partial charge in [-0.05, 0) is 49.2 Å². The largest absolute Gasteiger partial charge is 0.493 e. The van der Waals surface area contributed by atoms with Crippen LogP contribution in [0, 0.1) is 13.8 Å². The summed E-state index contributed by atoms with van der Waals surface area (Å²) in [6, 6.07) is 11.1. The third-order valence-corrected chi connectivity index (χ3v) is 5.54. The molecule has 1 aliphatic rings. The van der Waals surface area contributed by atoms with Crippen molar-refractivity contribution >= 4 is 17.5 Å². The standard InChI is InChI=1S/C23H29N3O4/c1-16-6-5-7-19(17(16)2)24-22(27)15-25-10-12-26(13-11-25)23(28)18-8-9-20(29-3)21(14-18)30-4/h5-9,14H,10-13,15H2,1-4H3,(H,24,27). The molecular formula is C23H29N3O4. The third kappa shape index (κ3) is 4.91. The van der Waals surface area contributed by atoms with Crippen LogP contribution in [0.25, 0.3) is 0 Å². The Kier molecular flexibility index (Phi) is 6.95. The highest BCUT2D eigenvalue weighted by Crippen LogP contribution is 2.28. The second-order valence-electron chi connectivity index (χ2n) is 7.43. The number of anilines is 1. The van der Waals surface area contributed by atoms with E-state index >= 15 is 0 Å². The van der Waals surface area contributed by atoms with E-state index in [9.17, 15) is 9.59 Å². The first kappa shape index (κ1) is 21.6. The Bertz CT molecular complexity index is 921. The number of methoxy groups -OCH3 is 2. The van der Waals surface area contributed by atoms with Crippen molar-refractivity contribution in [2.24, 2.45) is 0 Å². The molecule has 0 spiro atoms. The van der Waals surface area contributed by atoms with E-state index in [-0.39, 0.29) is 11.8 Å². The number of nitrogens with one attached hydrogen (secondary N) is 1. The Labute approximate surface area is 177 Å². The van der Waals surface area contributed by atoms with Gasteiger partial charge in [0.05, 0.1) is 20.8 Å². The van der Waals surface area contributed by atoms with Crippen LogP contribution in [-0.4, -0.2) is 68.6 Å². The maximum Gasteiger partial charge on any atom is 0.254 e. The molecule has 0 aliphatic carbocycles. The molecule has 1 aliphatic heterocycles. The number of carbonyl (C=O) groups excluding carboxylic acids is 2. The first-order valence-corrected chi connectivity index (χ1v) is 10.0. The fourth-order valence-corrected chi connectivity index (χ4v) is 3.54. The van der Waals surface area contributed by atoms with Crippen molar-refractivity contribution < 1.29 is 19.1 Å². The summed E-state index contributed by atoms with van der Waals surface area (Å²) < 4.78 is 10.5. The minimum Gasteiger partial charge on any atom is -0.493 e. The van der Waals surface area contributed by atoms with E-state index in [4.69, 9.17) is 9.47 Å². The molecule has 1 N–H and O–H groups in total. The zero-order valence-electron chi connectivity index (χ0n) is 18.0. The molecule has 0 atom stereocenters. The van der Waals surface area contributed by atoms with Gasteiger partial charge in [-0.15, -0.1) is 0 Å². The molecule has 2 aromatic rings. The van der Waals surface area contributed by atoms with Crippen molar-refractivity contribution in [2.75, 3.05) is 52.3 Å². The van der Waals surface area contributed by atoms with E-state index in [1.54, 1.807) is 37.3 Å². The average molecular weight is 412 g/mol. The van der Waals surface area contributed by atoms with Gasteiger partial charge in [-0.2, -0.15) is 0 Å². The van der Waals surface area contributed by atoms with Crippen LogP contribution in [0.2, 0.25) is 0 Å². The fraction of sp³-hybridized carbons (Fsp3) is 0.391. The molecule has 7 heteroatoms. The third-order valence-electron chi connectivity index (χ3n) is 5.54. The quantitative estimate of drug-likeness (QED) is 0.792. The van der Waals surface area contributed by atoms with Crippen LogP contribution < -0.4 is 14.8 Å². The van der Waals surface area contributed by atoms with Gasteiger partial charge in [-0.25, -0.2) is 0 Å². The number of ether oxygens (including phenoxy) is 2. The zero-order valence-corrected chi connectivity index (χ0v) is 18.0. The summed E-state index contributed by atoms with van der Waals surface area (Å²) in [4.78, 5) is 29.2. The maximum absolute atomic E-state index is 12.8. The van der Waals surface area contributed by atoms with Gasteiger partial charge in [0, 0.05) is 37.4 Å². The molecule has 0 unspecified atom stereocenters. The number of piperazine rings is 1. The second-order valence-corrected chi connectivity index (χ2v) is 7.43. The number of hydrogen-bond donors (Lipinski definition) is 1. The van der Waals surface area contributed by atoms with Gasteiger partial charge in [-0.3, -0.25) is 14.5 Å². The summed E-state index contributed by atoms with van der Waals surface area (Å²) in [5.41, 5.74) is 3.64. The Balaban J connectivity index is 1.53. The van der Waals surface area contributed by atoms with Gasteiger partial charge >= 0.3 is 0 Å². The molecule has 2 amide bonds. The molecule has 2 aromatic carbocycles. The van der Waals surface area contributed by atoms with Crippen LogP contribution in [0.1, 0.15) is 21.5 Å². The van der Waals surface area contributed by atoms with Crippen molar-refractivity contribution in [3.05, 3.63) is 53.1 Å². The highest BCUT2D eigenvalue weighted by Gasteiger charge is 2.24. The van der Waals surface area contributed by atoms with Crippen molar-refractivity contribution in [3.8, 4) is 11.5 Å². The van der Waals surface area contributed by atoms with E-state index in [1.807, 2.05) is 32.0 Å². The van der Waals surface area contributed by atoms with E-state index in [0.717, 1.165) is 16.8 Å². The van der Waals surface area contributed by atoms with Gasteiger partial charge in [0.1, 0.15) is 0 Å². The van der Waals surface area contributed by atoms with E-state index in [2.05, 4.69) is 10.2 Å². The van der Waals surface area contributed by atoms with Gasteiger partial charge in [0.2, 0.25) is 5.91 Å². The van der Waals surface area contributed by atoms with E-state index in [0.29, 0.717) is 49.8 Å². The topological polar surface area (TPSA) is 71.1 Å². The van der Waals surface area contributed by atoms with Gasteiger partial charge < -0.3 is 19.7 Å². The van der Waals surface area contributed by atoms with Crippen molar-refractivity contribution in [1.29, 1.82) is 0 Å². The molecule has 0 saturated carbocycles. The molecule has 1 heterocycles. The summed E-state index contributed by atoms with van der Waals surface area (Å²) in [6.07, 6.45) is 0. The molecule has 0 bridgehead atoms. The Morgan fingerprint density at radius 1 is 0.967 bits per heavy atom. The summed E-state index contributed by atoms with van der Waals surface area (Å²) >= 11 is 0. The van der Waals surface area contributed by atoms with Crippen LogP contribution >= 0.6 is 0 Å². The first-order chi connectivity index (χ1) is 14.4. The highest BCUT2D eigenvalue weighted by molar-refractivity contribution is 5.95. The molecule has 160 valence electrons. The number of rotatable bonds is 6. The molecule has 0 radical (unpaired) electrons. The Morgan fingerprint density at radius 3 is 2.33 bits per heavy atom. The molecule has 30 heavy (non-hydrogen) atoms. The zero-order chi connectivity index (χ0) is 21.7. The van der Waals surface area contributed by atoms with Crippen LogP contribution in [0.3, 0.4) is 0 Å². The Morgan fingerprint density at radius 2 is 1.67 bits per heavy atom. The smallest absolute Gasteiger partial charge is 0.254 e. The lowest BCUT2D eigenvalue weighted by molar-refractivity contribution is -0.117. The SMILES string of the molecule is COc1ccc(C(=O)N2CCN(CC(=O)Nc3cccc(C)c3C)CC2)cc1OC. The molecule has 1 fully saturated rings. The number of hydrogen-bond acceptors (Lipinski definition) is 5. The van der Waals surface area contributed by atoms with Crippen molar-refractivity contribution in [2.45, 2.75) is 13.8 Å². The number of carbonyl (C=O) groups is 2. The number of benzene rings is 2. The predicted octanol–water partition coefficient (Wildman–Crippen LogP) is 2.72. The molecular weight excluding hydrogens is 382 g/mol. The number of nitrogens with zero attached hydrogens (tertiary/aromatic N) is 2. The number of amides is 2. The second kappa shape index (κ2) is 9.63. The van der Waals surface area contributed by atoms with Crippen molar-refractivity contribution in [3.63, 3.8) is 0 Å². The van der Waals surface area contributed by atoms with Crippen LogP contribution in [0.4, 0.5) is 5.69 Å². The minimum absolute atomic E-state index is 0.0385. The lowest BCUT2D eigenvalue weighted by atomic mass is 10.1. The molecule has 7 nitrogen and oxygen atoms in total. The highest BCUT2D eigenvalue weighted by atomic mass is 16.5. The maximum atomic E-state index is 12.8. The number of aryl methyl sites for hydroxylation is 1. The van der Waals surface area contributed by atoms with Gasteiger partial charge in [0.15, 0.2) is 11.5 Å². The summed E-state index contributed by atoms with van der Waals surface area (Å²) in [7, 11) is 3.11. The monoisotopic (exact) mass is 411 g/mol. The van der Waals surface area contributed by atoms with Crippen LogP contribution in [0.5, 0.6) is 11.5 Å². The summed E-state index contributed by atoms with van der Waals surface area (Å²) in [5.74, 6) is 1.04. The first-order valence-electron chi connectivity index (χ1n) is 10.0. The fourth-order valence-electron chi connectivity index (χ4n) is 3.54. The van der Waals surface area contributed by atoms with E-state index in [1.165, 1.54) is 0 Å². The summed E-state index contributed by atoms with van der Waals surface area (Å²) in [5, 5.41) is 2.99. The lowest BCUT2D eigenvalue weighted by Crippen LogP contribution is -2.50. The normalized spacial score (nSPS) is 14.3. The van der Waals surface area contributed by atoms with Gasteiger partial charge in [0.25, 0.3) is 5.91 Å². The van der Waals surface area contributed by atoms with Crippen molar-refractivity contribution in [1.82, 2.24) is 9.80 Å². The van der Waals surface area contributed by atoms with Gasteiger partial charge in [-0.1, -0.05) is 12.1 Å². The van der Waals surface area contributed by atoms with Crippen LogP contribution in [-0.2, 0) is 4.79 Å². The predicted molar refractivity (Wildman–Crippen MR) is 116 cm³/mol. The van der Waals surface area contributed by atoms with E-state index < -0.39 is 0 Å².